The van der Waals surface area contributed by atoms with Crippen LogP contribution in [0.4, 0.5) is 0 Å². The fraction of sp³-hybridized carbons (Fsp3) is 0.300. The van der Waals surface area contributed by atoms with Gasteiger partial charge in [0.05, 0.1) is 0 Å². The fourth-order valence-corrected chi connectivity index (χ4v) is 1.06. The third-order valence-electron chi connectivity index (χ3n) is 1.81. The number of nitrogens with one attached hydrogen (secondary N) is 1. The molecule has 1 amide bonds. The highest BCUT2D eigenvalue weighted by Crippen LogP contribution is 2.08. The van der Waals surface area contributed by atoms with Gasteiger partial charge in [-0.05, 0) is 17.7 Å². The Morgan fingerprint density at radius 1 is 1.36 bits per heavy atom. The lowest BCUT2D eigenvalue weighted by molar-refractivity contribution is -0.117. The zero-order valence-corrected chi connectivity index (χ0v) is 7.86. The molecule has 0 saturated heterocycles. The molecule has 0 fully saturated rings. The van der Waals surface area contributed by atoms with E-state index in [1.807, 2.05) is 12.1 Å². The first-order chi connectivity index (χ1) is 6.68. The Labute approximate surface area is 82.7 Å². The van der Waals surface area contributed by atoms with Crippen LogP contribution in [0.5, 0.6) is 5.75 Å². The molecule has 0 aliphatic rings. The molecule has 1 aromatic rings. The molecule has 0 bridgehead atoms. The molecule has 1 aromatic carbocycles. The van der Waals surface area contributed by atoms with E-state index < -0.39 is 0 Å². The number of nitrogens with two attached hydrogens (primary N) is 1. The van der Waals surface area contributed by atoms with Crippen molar-refractivity contribution in [3.8, 4) is 5.75 Å². The highest BCUT2D eigenvalue weighted by Gasteiger charge is 1.95. The lowest BCUT2D eigenvalue weighted by atomic mass is 10.2. The summed E-state index contributed by atoms with van der Waals surface area (Å²) in [4.78, 5) is 10.4. The molecule has 0 aliphatic heterocycles. The lowest BCUT2D eigenvalue weighted by Crippen LogP contribution is -2.21. The number of aromatic hydroxyl groups is 1. The van der Waals surface area contributed by atoms with Gasteiger partial charge >= 0.3 is 0 Å². The van der Waals surface area contributed by atoms with Crippen LogP contribution in [0.1, 0.15) is 12.0 Å². The van der Waals surface area contributed by atoms with E-state index in [0.717, 1.165) is 5.56 Å². The number of hydrogen-bond donors (Lipinski definition) is 3. The maximum atomic E-state index is 10.4. The van der Waals surface area contributed by atoms with Gasteiger partial charge in [0.2, 0.25) is 5.91 Å². The van der Waals surface area contributed by atoms with Crippen molar-refractivity contribution in [2.45, 2.75) is 13.0 Å². The standard InChI is InChI=1S/C10H14N2O2/c11-10(14)5-6-12-7-8-1-3-9(13)4-2-8/h1-4,12-13H,5-7H2,(H2,11,14). The van der Waals surface area contributed by atoms with Crippen molar-refractivity contribution in [2.24, 2.45) is 5.73 Å². The maximum Gasteiger partial charge on any atom is 0.218 e. The van der Waals surface area contributed by atoms with Crippen molar-refractivity contribution in [3.63, 3.8) is 0 Å². The molecule has 0 saturated carbocycles. The Morgan fingerprint density at radius 3 is 2.57 bits per heavy atom. The van der Waals surface area contributed by atoms with Crippen molar-refractivity contribution in [1.82, 2.24) is 5.32 Å². The molecule has 0 aromatic heterocycles. The third-order valence-corrected chi connectivity index (χ3v) is 1.81. The summed E-state index contributed by atoms with van der Waals surface area (Å²) in [5.74, 6) is -0.0471. The van der Waals surface area contributed by atoms with E-state index in [4.69, 9.17) is 10.8 Å². The molecule has 76 valence electrons. The molecule has 0 atom stereocenters. The average Bonchev–Trinajstić information content (AvgIpc) is 2.15. The maximum absolute atomic E-state index is 10.4. The van der Waals surface area contributed by atoms with Crippen LogP contribution in [0.15, 0.2) is 24.3 Å². The van der Waals surface area contributed by atoms with Crippen LogP contribution in [0.2, 0.25) is 0 Å². The van der Waals surface area contributed by atoms with Crippen molar-refractivity contribution in [2.75, 3.05) is 6.54 Å². The van der Waals surface area contributed by atoms with E-state index in [1.54, 1.807) is 12.1 Å². The molecular weight excluding hydrogens is 180 g/mol. The van der Waals surface area contributed by atoms with Crippen molar-refractivity contribution < 1.29 is 9.90 Å². The number of hydrogen-bond acceptors (Lipinski definition) is 3. The zero-order chi connectivity index (χ0) is 10.4. The third kappa shape index (κ3) is 3.91. The van der Waals surface area contributed by atoms with Crippen molar-refractivity contribution in [3.05, 3.63) is 29.8 Å². The van der Waals surface area contributed by atoms with Gasteiger partial charge in [0.15, 0.2) is 0 Å². The number of carbonyl (C=O) groups is 1. The van der Waals surface area contributed by atoms with E-state index >= 15 is 0 Å². The van der Waals surface area contributed by atoms with Crippen LogP contribution in [0.3, 0.4) is 0 Å². The van der Waals surface area contributed by atoms with Gasteiger partial charge in [-0.15, -0.1) is 0 Å². The van der Waals surface area contributed by atoms with Gasteiger partial charge in [0, 0.05) is 19.5 Å². The highest BCUT2D eigenvalue weighted by atomic mass is 16.3. The molecule has 1 rings (SSSR count). The van der Waals surface area contributed by atoms with Crippen LogP contribution < -0.4 is 11.1 Å². The first-order valence-corrected chi connectivity index (χ1v) is 4.45. The van der Waals surface area contributed by atoms with Gasteiger partial charge in [0.25, 0.3) is 0 Å². The van der Waals surface area contributed by atoms with Crippen LogP contribution in [-0.4, -0.2) is 17.6 Å². The predicted octanol–water partition coefficient (Wildman–Crippen LogP) is 0.357. The largest absolute Gasteiger partial charge is 0.508 e. The van der Waals surface area contributed by atoms with Crippen LogP contribution in [-0.2, 0) is 11.3 Å². The van der Waals surface area contributed by atoms with Gasteiger partial charge in [0.1, 0.15) is 5.75 Å². The molecule has 4 nitrogen and oxygen atoms in total. The molecular formula is C10H14N2O2. The summed E-state index contributed by atoms with van der Waals surface area (Å²) in [7, 11) is 0. The molecule has 4 heteroatoms. The van der Waals surface area contributed by atoms with Crippen molar-refractivity contribution >= 4 is 5.91 Å². The van der Waals surface area contributed by atoms with E-state index in [-0.39, 0.29) is 11.7 Å². The van der Waals surface area contributed by atoms with Crippen molar-refractivity contribution in [1.29, 1.82) is 0 Å². The minimum absolute atomic E-state index is 0.255. The van der Waals surface area contributed by atoms with E-state index in [9.17, 15) is 4.79 Å². The summed E-state index contributed by atoms with van der Waals surface area (Å²) in [6.45, 7) is 1.25. The lowest BCUT2D eigenvalue weighted by Gasteiger charge is -2.03. The molecule has 4 N–H and O–H groups in total. The molecule has 0 spiro atoms. The highest BCUT2D eigenvalue weighted by molar-refractivity contribution is 5.73. The van der Waals surface area contributed by atoms with Gasteiger partial charge in [-0.3, -0.25) is 4.79 Å². The van der Waals surface area contributed by atoms with Crippen LogP contribution >= 0.6 is 0 Å². The van der Waals surface area contributed by atoms with Gasteiger partial charge in [-0.2, -0.15) is 0 Å². The van der Waals surface area contributed by atoms with Gasteiger partial charge < -0.3 is 16.2 Å². The van der Waals surface area contributed by atoms with E-state index in [2.05, 4.69) is 5.32 Å². The minimum atomic E-state index is -0.303. The number of phenolic OH excluding ortho intramolecular Hbond substituents is 1. The predicted molar refractivity (Wildman–Crippen MR) is 53.6 cm³/mol. The summed E-state index contributed by atoms with van der Waals surface area (Å²) < 4.78 is 0. The smallest absolute Gasteiger partial charge is 0.218 e. The molecule has 0 unspecified atom stereocenters. The second kappa shape index (κ2) is 5.24. The summed E-state index contributed by atoms with van der Waals surface area (Å²) in [6.07, 6.45) is 0.345. The SMILES string of the molecule is NC(=O)CCNCc1ccc(O)cc1. The second-order valence-corrected chi connectivity index (χ2v) is 3.06. The number of phenols is 1. The number of rotatable bonds is 5. The van der Waals surface area contributed by atoms with E-state index in [0.29, 0.717) is 19.5 Å². The summed E-state index contributed by atoms with van der Waals surface area (Å²) >= 11 is 0. The quantitative estimate of drug-likeness (QED) is 0.592. The number of primary amides is 1. The molecule has 0 heterocycles. The zero-order valence-electron chi connectivity index (χ0n) is 7.86. The summed E-state index contributed by atoms with van der Waals surface area (Å²) in [5.41, 5.74) is 6.04. The monoisotopic (exact) mass is 194 g/mol. The van der Waals surface area contributed by atoms with Crippen LogP contribution in [0.25, 0.3) is 0 Å². The topological polar surface area (TPSA) is 75.4 Å². The van der Waals surface area contributed by atoms with E-state index in [1.165, 1.54) is 0 Å². The Kier molecular flexibility index (Phi) is 3.94. The molecule has 0 aliphatic carbocycles. The molecule has 0 radical (unpaired) electrons. The Morgan fingerprint density at radius 2 is 2.00 bits per heavy atom. The number of amides is 1. The summed E-state index contributed by atoms with van der Waals surface area (Å²) in [5, 5.41) is 12.1. The van der Waals surface area contributed by atoms with Crippen LogP contribution in [0, 0.1) is 0 Å². The Hall–Kier alpha value is -1.55. The first kappa shape index (κ1) is 10.5. The van der Waals surface area contributed by atoms with Gasteiger partial charge in [-0.1, -0.05) is 12.1 Å². The Balaban J connectivity index is 2.25. The van der Waals surface area contributed by atoms with Gasteiger partial charge in [-0.25, -0.2) is 0 Å². The average molecular weight is 194 g/mol. The fourth-order valence-electron chi connectivity index (χ4n) is 1.06. The second-order valence-electron chi connectivity index (χ2n) is 3.06. The molecule has 14 heavy (non-hydrogen) atoms. The number of carbonyl (C=O) groups excluding carboxylic acids is 1. The Bertz CT molecular complexity index is 295. The number of benzene rings is 1. The normalized spacial score (nSPS) is 10.0. The minimum Gasteiger partial charge on any atom is -0.508 e. The first-order valence-electron chi connectivity index (χ1n) is 4.45. The summed E-state index contributed by atoms with van der Waals surface area (Å²) in [6, 6.07) is 6.91.